The summed E-state index contributed by atoms with van der Waals surface area (Å²) in [5.41, 5.74) is 7.32. The molecule has 5 heteroatoms. The molecule has 0 fully saturated rings. The van der Waals surface area contributed by atoms with Gasteiger partial charge in [-0.1, -0.05) is 0 Å². The predicted molar refractivity (Wildman–Crippen MR) is 53.1 cm³/mol. The molecule has 0 radical (unpaired) electrons. The number of nitrogens with one attached hydrogen (secondary N) is 1. The average molecular weight is 242 g/mol. The van der Waals surface area contributed by atoms with E-state index in [1.807, 2.05) is 19.1 Å². The number of rotatable bonds is 1. The number of hydrogen-bond donors (Lipinski definition) is 2. The number of aromatic amines is 1. The lowest BCUT2D eigenvalue weighted by Crippen LogP contribution is -1.85. The summed E-state index contributed by atoms with van der Waals surface area (Å²) in [7, 11) is 0. The van der Waals surface area contributed by atoms with Crippen LogP contribution in [0.4, 0.5) is 5.82 Å². The summed E-state index contributed by atoms with van der Waals surface area (Å²) in [6.45, 7) is 1.89. The minimum absolute atomic E-state index is 0.502. The van der Waals surface area contributed by atoms with Crippen LogP contribution >= 0.6 is 15.9 Å². The normalized spacial score (nSPS) is 10.6. The Bertz CT molecular complexity index is 432. The van der Waals surface area contributed by atoms with Gasteiger partial charge in [0.1, 0.15) is 11.5 Å². The third-order valence-electron chi connectivity index (χ3n) is 1.87. The fraction of sp³-hybridized carbons (Fsp3) is 0.125. The summed E-state index contributed by atoms with van der Waals surface area (Å²) in [5.74, 6) is 1.23. The second-order valence-corrected chi connectivity index (χ2v) is 3.49. The van der Waals surface area contributed by atoms with Crippen molar-refractivity contribution in [2.24, 2.45) is 0 Å². The van der Waals surface area contributed by atoms with E-state index < -0.39 is 0 Å². The topological polar surface area (TPSA) is 67.8 Å². The van der Waals surface area contributed by atoms with Crippen molar-refractivity contribution in [3.63, 3.8) is 0 Å². The van der Waals surface area contributed by atoms with Crippen molar-refractivity contribution >= 4 is 21.7 Å². The number of anilines is 1. The van der Waals surface area contributed by atoms with Gasteiger partial charge < -0.3 is 10.2 Å². The number of aromatic nitrogens is 2. The van der Waals surface area contributed by atoms with Gasteiger partial charge >= 0.3 is 0 Å². The molecule has 0 aliphatic heterocycles. The number of H-pyrrole nitrogens is 1. The fourth-order valence-electron chi connectivity index (χ4n) is 1.10. The number of halogens is 1. The smallest absolute Gasteiger partial charge is 0.169 e. The molecule has 68 valence electrons. The van der Waals surface area contributed by atoms with E-state index in [0.29, 0.717) is 10.5 Å². The maximum atomic E-state index is 5.59. The predicted octanol–water partition coefficient (Wildman–Crippen LogP) is 2.32. The van der Waals surface area contributed by atoms with Crippen LogP contribution in [0, 0.1) is 6.92 Å². The lowest BCUT2D eigenvalue weighted by molar-refractivity contribution is 0.553. The van der Waals surface area contributed by atoms with Gasteiger partial charge in [0.15, 0.2) is 10.4 Å². The van der Waals surface area contributed by atoms with Gasteiger partial charge in [-0.2, -0.15) is 5.10 Å². The molecule has 0 atom stereocenters. The molecule has 2 rings (SSSR count). The maximum absolute atomic E-state index is 5.59. The Morgan fingerprint density at radius 3 is 2.77 bits per heavy atom. The van der Waals surface area contributed by atoms with Crippen LogP contribution in [0.2, 0.25) is 0 Å². The van der Waals surface area contributed by atoms with Crippen molar-refractivity contribution in [3.05, 3.63) is 22.4 Å². The molecule has 3 N–H and O–H groups in total. The molecule has 0 unspecified atom stereocenters. The number of nitrogens with zero attached hydrogens (tertiary/aromatic N) is 1. The van der Waals surface area contributed by atoms with Crippen molar-refractivity contribution in [1.82, 2.24) is 10.2 Å². The standard InChI is InChI=1S/C8H8BrN3O/c1-4-7(11-12-8(4)10)5-2-3-6(9)13-5/h2-3H,1H3,(H3,10,11,12). The molecule has 0 bridgehead atoms. The van der Waals surface area contributed by atoms with Crippen molar-refractivity contribution in [3.8, 4) is 11.5 Å². The highest BCUT2D eigenvalue weighted by molar-refractivity contribution is 9.10. The van der Waals surface area contributed by atoms with Crippen LogP contribution in [-0.4, -0.2) is 10.2 Å². The third kappa shape index (κ3) is 1.35. The number of hydrogen-bond acceptors (Lipinski definition) is 3. The molecule has 0 saturated carbocycles. The van der Waals surface area contributed by atoms with Crippen molar-refractivity contribution < 1.29 is 4.42 Å². The summed E-state index contributed by atoms with van der Waals surface area (Å²) >= 11 is 3.23. The highest BCUT2D eigenvalue weighted by atomic mass is 79.9. The van der Waals surface area contributed by atoms with E-state index in [2.05, 4.69) is 26.1 Å². The van der Waals surface area contributed by atoms with Gasteiger partial charge in [0.05, 0.1) is 0 Å². The summed E-state index contributed by atoms with van der Waals surface area (Å²) in [5, 5.41) is 6.69. The van der Waals surface area contributed by atoms with Crippen molar-refractivity contribution in [1.29, 1.82) is 0 Å². The van der Waals surface area contributed by atoms with Crippen LogP contribution in [-0.2, 0) is 0 Å². The largest absolute Gasteiger partial charge is 0.448 e. The Labute approximate surface area is 83.3 Å². The SMILES string of the molecule is Cc1c(N)n[nH]c1-c1ccc(Br)o1. The highest BCUT2D eigenvalue weighted by Crippen LogP contribution is 2.27. The Kier molecular flexibility index (Phi) is 1.88. The molecular weight excluding hydrogens is 234 g/mol. The van der Waals surface area contributed by atoms with Gasteiger partial charge in [0.25, 0.3) is 0 Å². The van der Waals surface area contributed by atoms with Gasteiger partial charge in [-0.25, -0.2) is 0 Å². The molecular formula is C8H8BrN3O. The zero-order chi connectivity index (χ0) is 9.42. The van der Waals surface area contributed by atoms with E-state index in [9.17, 15) is 0 Å². The van der Waals surface area contributed by atoms with Crippen LogP contribution in [0.15, 0.2) is 21.2 Å². The average Bonchev–Trinajstić information content (AvgIpc) is 2.62. The van der Waals surface area contributed by atoms with E-state index in [0.717, 1.165) is 17.0 Å². The first-order valence-corrected chi connectivity index (χ1v) is 4.54. The molecule has 2 aromatic heterocycles. The van der Waals surface area contributed by atoms with Gasteiger partial charge in [-0.05, 0) is 35.0 Å². The summed E-state index contributed by atoms with van der Waals surface area (Å²) in [4.78, 5) is 0. The first kappa shape index (κ1) is 8.37. The molecule has 0 aliphatic carbocycles. The molecule has 2 heterocycles. The molecule has 13 heavy (non-hydrogen) atoms. The van der Waals surface area contributed by atoms with Gasteiger partial charge in [0.2, 0.25) is 0 Å². The molecule has 0 saturated heterocycles. The second-order valence-electron chi connectivity index (χ2n) is 2.71. The Morgan fingerprint density at radius 1 is 1.54 bits per heavy atom. The number of furan rings is 1. The molecule has 0 aliphatic rings. The van der Waals surface area contributed by atoms with E-state index >= 15 is 0 Å². The minimum Gasteiger partial charge on any atom is -0.448 e. The van der Waals surface area contributed by atoms with Crippen LogP contribution in [0.5, 0.6) is 0 Å². The summed E-state index contributed by atoms with van der Waals surface area (Å²) in [6, 6.07) is 3.68. The maximum Gasteiger partial charge on any atom is 0.169 e. The molecule has 0 aromatic carbocycles. The van der Waals surface area contributed by atoms with Gasteiger partial charge in [-0.15, -0.1) is 0 Å². The highest BCUT2D eigenvalue weighted by Gasteiger charge is 2.11. The number of nitrogen functional groups attached to an aromatic ring is 1. The van der Waals surface area contributed by atoms with Crippen molar-refractivity contribution in [2.45, 2.75) is 6.92 Å². The summed E-state index contributed by atoms with van der Waals surface area (Å²) < 4.78 is 6.04. The molecule has 2 aromatic rings. The summed E-state index contributed by atoms with van der Waals surface area (Å²) in [6.07, 6.45) is 0. The first-order valence-electron chi connectivity index (χ1n) is 3.74. The van der Waals surface area contributed by atoms with E-state index in [-0.39, 0.29) is 0 Å². The van der Waals surface area contributed by atoms with Gasteiger partial charge in [0, 0.05) is 5.56 Å². The quantitative estimate of drug-likeness (QED) is 0.806. The lowest BCUT2D eigenvalue weighted by atomic mass is 10.2. The Hall–Kier alpha value is -1.23. The Balaban J connectivity index is 2.52. The number of nitrogens with two attached hydrogens (primary N) is 1. The third-order valence-corrected chi connectivity index (χ3v) is 2.29. The molecule has 0 amide bonds. The zero-order valence-corrected chi connectivity index (χ0v) is 8.55. The van der Waals surface area contributed by atoms with Crippen LogP contribution < -0.4 is 5.73 Å². The van der Waals surface area contributed by atoms with E-state index in [1.165, 1.54) is 0 Å². The second kappa shape index (κ2) is 2.92. The van der Waals surface area contributed by atoms with E-state index in [4.69, 9.17) is 10.2 Å². The Morgan fingerprint density at radius 2 is 2.31 bits per heavy atom. The fourth-order valence-corrected chi connectivity index (χ4v) is 1.41. The molecule has 0 spiro atoms. The van der Waals surface area contributed by atoms with E-state index in [1.54, 1.807) is 0 Å². The van der Waals surface area contributed by atoms with Crippen LogP contribution in [0.25, 0.3) is 11.5 Å². The minimum atomic E-state index is 0.502. The van der Waals surface area contributed by atoms with Crippen LogP contribution in [0.1, 0.15) is 5.56 Å². The first-order chi connectivity index (χ1) is 6.18. The van der Waals surface area contributed by atoms with Crippen molar-refractivity contribution in [2.75, 3.05) is 5.73 Å². The van der Waals surface area contributed by atoms with Gasteiger partial charge in [-0.3, -0.25) is 5.10 Å². The lowest BCUT2D eigenvalue weighted by Gasteiger charge is -1.92. The molecule has 4 nitrogen and oxygen atoms in total. The van der Waals surface area contributed by atoms with Crippen LogP contribution in [0.3, 0.4) is 0 Å². The monoisotopic (exact) mass is 241 g/mol. The zero-order valence-electron chi connectivity index (χ0n) is 6.97.